The zero-order chi connectivity index (χ0) is 16.2. The van der Waals surface area contributed by atoms with Crippen LogP contribution in [0.1, 0.15) is 35.1 Å². The lowest BCUT2D eigenvalue weighted by atomic mass is 10.2. The van der Waals surface area contributed by atoms with Crippen LogP contribution in [0.15, 0.2) is 16.6 Å². The molecule has 24 heavy (non-hydrogen) atoms. The van der Waals surface area contributed by atoms with E-state index in [2.05, 4.69) is 36.3 Å². The summed E-state index contributed by atoms with van der Waals surface area (Å²) in [5.41, 5.74) is 2.16. The summed E-state index contributed by atoms with van der Waals surface area (Å²) in [6, 6.07) is 0. The second-order valence-corrected chi connectivity index (χ2v) is 6.98. The number of hydrogen-bond donors (Lipinski definition) is 1. The molecule has 0 aliphatic carbocycles. The molecule has 1 N–H and O–H groups in total. The van der Waals surface area contributed by atoms with Crippen LogP contribution in [-0.2, 0) is 26.1 Å². The number of imidazole rings is 1. The molecule has 0 aromatic carbocycles. The zero-order valence-corrected chi connectivity index (χ0v) is 17.6. The highest BCUT2D eigenvalue weighted by atomic mass is 127. The number of nitrogens with one attached hydrogen (secondary N) is 1. The Labute approximate surface area is 164 Å². The molecule has 3 heterocycles. The van der Waals surface area contributed by atoms with Crippen molar-refractivity contribution in [2.24, 2.45) is 4.99 Å². The lowest BCUT2D eigenvalue weighted by Gasteiger charge is -2.20. The predicted octanol–water partition coefficient (Wildman–Crippen LogP) is 2.81. The van der Waals surface area contributed by atoms with E-state index in [1.807, 2.05) is 21.0 Å². The Kier molecular flexibility index (Phi) is 7.02. The minimum absolute atomic E-state index is 0. The van der Waals surface area contributed by atoms with Gasteiger partial charge in [0.1, 0.15) is 5.82 Å². The van der Waals surface area contributed by atoms with Crippen molar-refractivity contribution in [3.8, 4) is 0 Å². The lowest BCUT2D eigenvalue weighted by Crippen LogP contribution is -2.38. The van der Waals surface area contributed by atoms with Crippen LogP contribution in [0.2, 0.25) is 0 Å². The molecule has 0 amide bonds. The largest absolute Gasteiger partial charge is 0.351 e. The van der Waals surface area contributed by atoms with Crippen LogP contribution in [0.5, 0.6) is 0 Å². The van der Waals surface area contributed by atoms with Gasteiger partial charge in [0.2, 0.25) is 0 Å². The number of rotatable bonds is 4. The molecule has 0 unspecified atom stereocenters. The number of nitrogens with zero attached hydrogens (tertiary/aromatic N) is 5. The summed E-state index contributed by atoms with van der Waals surface area (Å²) in [7, 11) is 3.84. The van der Waals surface area contributed by atoms with E-state index >= 15 is 0 Å². The van der Waals surface area contributed by atoms with E-state index in [1.165, 1.54) is 18.7 Å². The lowest BCUT2D eigenvalue weighted by molar-refractivity contribution is 0.470. The minimum atomic E-state index is 0. The normalized spacial score (nSPS) is 14.0. The van der Waals surface area contributed by atoms with Gasteiger partial charge in [-0.25, -0.2) is 9.97 Å². The molecule has 6 nitrogen and oxygen atoms in total. The average molecular weight is 460 g/mol. The summed E-state index contributed by atoms with van der Waals surface area (Å²) < 4.78 is 2.28. The molecule has 0 atom stereocenters. The maximum absolute atomic E-state index is 4.72. The Hall–Kier alpha value is -1.16. The summed E-state index contributed by atoms with van der Waals surface area (Å²) in [5, 5.41) is 6.59. The van der Waals surface area contributed by atoms with Gasteiger partial charge in [-0.1, -0.05) is 0 Å². The van der Waals surface area contributed by atoms with Gasteiger partial charge in [0.05, 0.1) is 29.5 Å². The Balaban J connectivity index is 0.00000208. The van der Waals surface area contributed by atoms with Gasteiger partial charge in [-0.05, 0) is 19.8 Å². The standard InChI is InChI=1S/C16H24N6S.HI/c1-12-19-14(11-23-12)9-21(3)16(17-2)18-8-13-10-22-7-5-4-6-15(22)20-13;/h10-11H,4-9H2,1-3H3,(H,17,18);1H. The number of halogens is 1. The van der Waals surface area contributed by atoms with Gasteiger partial charge >= 0.3 is 0 Å². The molecule has 132 valence electrons. The maximum atomic E-state index is 4.72. The molecular formula is C16H25IN6S. The number of aromatic nitrogens is 3. The van der Waals surface area contributed by atoms with Crippen molar-refractivity contribution in [1.29, 1.82) is 0 Å². The molecule has 0 saturated carbocycles. The summed E-state index contributed by atoms with van der Waals surface area (Å²) >= 11 is 1.68. The Bertz CT molecular complexity index is 669. The number of thiazole rings is 1. The van der Waals surface area contributed by atoms with Crippen molar-refractivity contribution in [2.75, 3.05) is 14.1 Å². The highest BCUT2D eigenvalue weighted by Crippen LogP contribution is 2.14. The zero-order valence-electron chi connectivity index (χ0n) is 14.4. The second-order valence-electron chi connectivity index (χ2n) is 5.91. The fraction of sp³-hybridized carbons (Fsp3) is 0.562. The van der Waals surface area contributed by atoms with Crippen molar-refractivity contribution in [3.05, 3.63) is 33.8 Å². The van der Waals surface area contributed by atoms with E-state index in [4.69, 9.17) is 4.98 Å². The SMILES string of the molecule is CN=C(NCc1cn2c(n1)CCCC2)N(C)Cc1csc(C)n1.I. The van der Waals surface area contributed by atoms with E-state index in [1.54, 1.807) is 11.3 Å². The molecule has 0 radical (unpaired) electrons. The first-order chi connectivity index (χ1) is 11.2. The van der Waals surface area contributed by atoms with Gasteiger partial charge < -0.3 is 14.8 Å². The van der Waals surface area contributed by atoms with E-state index in [0.29, 0.717) is 6.54 Å². The quantitative estimate of drug-likeness (QED) is 0.433. The van der Waals surface area contributed by atoms with E-state index in [0.717, 1.165) is 41.9 Å². The van der Waals surface area contributed by atoms with Crippen molar-refractivity contribution >= 4 is 41.3 Å². The van der Waals surface area contributed by atoms with Gasteiger partial charge in [0.15, 0.2) is 5.96 Å². The predicted molar refractivity (Wildman–Crippen MR) is 109 cm³/mol. The number of guanidine groups is 1. The van der Waals surface area contributed by atoms with Crippen LogP contribution in [0, 0.1) is 6.92 Å². The average Bonchev–Trinajstić information content (AvgIpc) is 3.13. The first-order valence-corrected chi connectivity index (χ1v) is 8.91. The van der Waals surface area contributed by atoms with Crippen molar-refractivity contribution in [1.82, 2.24) is 24.8 Å². The van der Waals surface area contributed by atoms with Crippen LogP contribution in [0.25, 0.3) is 0 Å². The second kappa shape index (κ2) is 8.80. The number of aryl methyl sites for hydroxylation is 3. The minimum Gasteiger partial charge on any atom is -0.351 e. The fourth-order valence-corrected chi connectivity index (χ4v) is 3.51. The van der Waals surface area contributed by atoms with Gasteiger partial charge in [0, 0.05) is 38.6 Å². The van der Waals surface area contributed by atoms with Crippen LogP contribution in [0.3, 0.4) is 0 Å². The van der Waals surface area contributed by atoms with Crippen molar-refractivity contribution in [2.45, 2.75) is 45.8 Å². The molecule has 0 saturated heterocycles. The monoisotopic (exact) mass is 460 g/mol. The van der Waals surface area contributed by atoms with Crippen molar-refractivity contribution in [3.63, 3.8) is 0 Å². The topological polar surface area (TPSA) is 58.3 Å². The first-order valence-electron chi connectivity index (χ1n) is 8.03. The van der Waals surface area contributed by atoms with Crippen LogP contribution >= 0.6 is 35.3 Å². The van der Waals surface area contributed by atoms with Crippen LogP contribution < -0.4 is 5.32 Å². The molecule has 1 aliphatic rings. The van der Waals surface area contributed by atoms with Crippen molar-refractivity contribution < 1.29 is 0 Å². The highest BCUT2D eigenvalue weighted by molar-refractivity contribution is 14.0. The Morgan fingerprint density at radius 1 is 1.38 bits per heavy atom. The van der Waals surface area contributed by atoms with Gasteiger partial charge in [-0.2, -0.15) is 0 Å². The molecule has 0 fully saturated rings. The number of aliphatic imine (C=N–C) groups is 1. The third-order valence-electron chi connectivity index (χ3n) is 4.03. The molecule has 2 aromatic heterocycles. The third kappa shape index (κ3) is 4.69. The molecular weight excluding hydrogens is 435 g/mol. The molecule has 2 aromatic rings. The van der Waals surface area contributed by atoms with Crippen LogP contribution in [-0.4, -0.2) is 39.5 Å². The van der Waals surface area contributed by atoms with Gasteiger partial charge in [0.25, 0.3) is 0 Å². The number of fused-ring (bicyclic) bond motifs is 1. The Morgan fingerprint density at radius 2 is 2.21 bits per heavy atom. The van der Waals surface area contributed by atoms with Crippen LogP contribution in [0.4, 0.5) is 0 Å². The van der Waals surface area contributed by atoms with E-state index < -0.39 is 0 Å². The Morgan fingerprint density at radius 3 is 2.88 bits per heavy atom. The molecule has 0 spiro atoms. The summed E-state index contributed by atoms with van der Waals surface area (Å²) in [4.78, 5) is 15.7. The summed E-state index contributed by atoms with van der Waals surface area (Å²) in [5.74, 6) is 2.08. The fourth-order valence-electron chi connectivity index (χ4n) is 2.91. The third-order valence-corrected chi connectivity index (χ3v) is 4.85. The molecule has 0 bridgehead atoms. The van der Waals surface area contributed by atoms with E-state index in [-0.39, 0.29) is 24.0 Å². The highest BCUT2D eigenvalue weighted by Gasteiger charge is 2.13. The number of hydrogen-bond acceptors (Lipinski definition) is 4. The van der Waals surface area contributed by atoms with E-state index in [9.17, 15) is 0 Å². The smallest absolute Gasteiger partial charge is 0.194 e. The first kappa shape index (κ1) is 19.2. The maximum Gasteiger partial charge on any atom is 0.194 e. The summed E-state index contributed by atoms with van der Waals surface area (Å²) in [6.45, 7) is 4.58. The molecule has 1 aliphatic heterocycles. The van der Waals surface area contributed by atoms with Gasteiger partial charge in [-0.15, -0.1) is 35.3 Å². The summed E-state index contributed by atoms with van der Waals surface area (Å²) in [6.07, 6.45) is 5.77. The van der Waals surface area contributed by atoms with Gasteiger partial charge in [-0.3, -0.25) is 4.99 Å². The molecule has 3 rings (SSSR count). The molecule has 8 heteroatoms.